The number of hydrogen-bond acceptors (Lipinski definition) is 2. The van der Waals surface area contributed by atoms with E-state index in [9.17, 15) is 4.79 Å². The predicted molar refractivity (Wildman–Crippen MR) is 59.9 cm³/mol. The Bertz CT molecular complexity index is 468. The molecule has 0 amide bonds. The van der Waals surface area contributed by atoms with Crippen LogP contribution >= 0.6 is 0 Å². The quantitative estimate of drug-likeness (QED) is 0.714. The topological polar surface area (TPSA) is 30.2 Å². The van der Waals surface area contributed by atoms with Gasteiger partial charge in [0.2, 0.25) is 0 Å². The third-order valence-corrected chi connectivity index (χ3v) is 2.73. The Labute approximate surface area is 88.9 Å². The monoisotopic (exact) mass is 202 g/mol. The van der Waals surface area contributed by atoms with Gasteiger partial charge in [-0.15, -0.1) is 0 Å². The molecule has 1 atom stereocenters. The fourth-order valence-electron chi connectivity index (χ4n) is 1.81. The van der Waals surface area contributed by atoms with Gasteiger partial charge in [-0.05, 0) is 29.7 Å². The molecule has 0 N–H and O–H groups in total. The van der Waals surface area contributed by atoms with Gasteiger partial charge in [0.05, 0.1) is 6.26 Å². The molecule has 2 aromatic rings. The van der Waals surface area contributed by atoms with Crippen LogP contribution in [0.1, 0.15) is 25.3 Å². The SMILES string of the molecule is CC(C)C(C=O)c1ccc2occc2c1. The summed E-state index contributed by atoms with van der Waals surface area (Å²) in [5, 5.41) is 1.06. The Morgan fingerprint density at radius 3 is 2.73 bits per heavy atom. The van der Waals surface area contributed by atoms with E-state index in [0.717, 1.165) is 22.8 Å². The molecule has 2 rings (SSSR count). The molecule has 1 unspecified atom stereocenters. The molecule has 0 spiro atoms. The van der Waals surface area contributed by atoms with Crippen molar-refractivity contribution in [3.8, 4) is 0 Å². The van der Waals surface area contributed by atoms with Crippen LogP contribution in [0.3, 0.4) is 0 Å². The average molecular weight is 202 g/mol. The smallest absolute Gasteiger partial charge is 0.133 e. The maximum atomic E-state index is 11.0. The van der Waals surface area contributed by atoms with Crippen molar-refractivity contribution in [3.05, 3.63) is 36.1 Å². The van der Waals surface area contributed by atoms with Crippen LogP contribution in [0.5, 0.6) is 0 Å². The van der Waals surface area contributed by atoms with Gasteiger partial charge >= 0.3 is 0 Å². The minimum atomic E-state index is -0.0238. The highest BCUT2D eigenvalue weighted by molar-refractivity contribution is 5.79. The molecular weight excluding hydrogens is 188 g/mol. The van der Waals surface area contributed by atoms with Gasteiger partial charge in [-0.1, -0.05) is 19.9 Å². The van der Waals surface area contributed by atoms with Crippen molar-refractivity contribution in [1.82, 2.24) is 0 Å². The molecule has 1 heterocycles. The van der Waals surface area contributed by atoms with Gasteiger partial charge < -0.3 is 9.21 Å². The van der Waals surface area contributed by atoms with Crippen LogP contribution in [0.25, 0.3) is 11.0 Å². The highest BCUT2D eigenvalue weighted by atomic mass is 16.3. The van der Waals surface area contributed by atoms with Crippen molar-refractivity contribution in [1.29, 1.82) is 0 Å². The number of fused-ring (bicyclic) bond motifs is 1. The van der Waals surface area contributed by atoms with Crippen molar-refractivity contribution in [2.24, 2.45) is 5.92 Å². The third kappa shape index (κ3) is 1.80. The minimum Gasteiger partial charge on any atom is -0.464 e. The molecule has 0 aliphatic heterocycles. The summed E-state index contributed by atoms with van der Waals surface area (Å²) in [5.74, 6) is 0.302. The van der Waals surface area contributed by atoms with Crippen molar-refractivity contribution in [2.75, 3.05) is 0 Å². The van der Waals surface area contributed by atoms with E-state index in [1.54, 1.807) is 6.26 Å². The van der Waals surface area contributed by atoms with Gasteiger partial charge in [-0.2, -0.15) is 0 Å². The molecule has 0 aliphatic carbocycles. The number of rotatable bonds is 3. The Kier molecular flexibility index (Phi) is 2.58. The number of hydrogen-bond donors (Lipinski definition) is 0. The van der Waals surface area contributed by atoms with E-state index >= 15 is 0 Å². The second kappa shape index (κ2) is 3.89. The van der Waals surface area contributed by atoms with Gasteiger partial charge in [0.25, 0.3) is 0 Å². The number of carbonyl (C=O) groups excluding carboxylic acids is 1. The number of benzene rings is 1. The number of aldehydes is 1. The van der Waals surface area contributed by atoms with Gasteiger partial charge in [-0.25, -0.2) is 0 Å². The van der Waals surface area contributed by atoms with Gasteiger partial charge in [0, 0.05) is 11.3 Å². The van der Waals surface area contributed by atoms with E-state index in [4.69, 9.17) is 4.42 Å². The molecule has 0 radical (unpaired) electrons. The maximum absolute atomic E-state index is 11.0. The summed E-state index contributed by atoms with van der Waals surface area (Å²) >= 11 is 0. The third-order valence-electron chi connectivity index (χ3n) is 2.73. The zero-order chi connectivity index (χ0) is 10.8. The molecule has 0 fully saturated rings. The zero-order valence-corrected chi connectivity index (χ0v) is 8.94. The van der Waals surface area contributed by atoms with Gasteiger partial charge in [0.1, 0.15) is 11.9 Å². The van der Waals surface area contributed by atoms with E-state index in [2.05, 4.69) is 13.8 Å². The summed E-state index contributed by atoms with van der Waals surface area (Å²) in [7, 11) is 0. The van der Waals surface area contributed by atoms with Crippen LogP contribution < -0.4 is 0 Å². The van der Waals surface area contributed by atoms with Crippen LogP contribution in [-0.2, 0) is 4.79 Å². The Morgan fingerprint density at radius 1 is 1.27 bits per heavy atom. The minimum absolute atomic E-state index is 0.0238. The summed E-state index contributed by atoms with van der Waals surface area (Å²) in [6.07, 6.45) is 2.69. The van der Waals surface area contributed by atoms with Gasteiger partial charge in [-0.3, -0.25) is 0 Å². The summed E-state index contributed by atoms with van der Waals surface area (Å²) in [6, 6.07) is 7.83. The fraction of sp³-hybridized carbons (Fsp3) is 0.308. The fourth-order valence-corrected chi connectivity index (χ4v) is 1.81. The molecule has 1 aromatic carbocycles. The molecule has 1 aromatic heterocycles. The summed E-state index contributed by atoms with van der Waals surface area (Å²) in [6.45, 7) is 4.11. The summed E-state index contributed by atoms with van der Waals surface area (Å²) in [5.41, 5.74) is 1.93. The van der Waals surface area contributed by atoms with E-state index in [0.29, 0.717) is 5.92 Å². The molecule has 0 saturated heterocycles. The first-order valence-corrected chi connectivity index (χ1v) is 5.15. The van der Waals surface area contributed by atoms with E-state index in [1.165, 1.54) is 0 Å². The van der Waals surface area contributed by atoms with E-state index in [1.807, 2.05) is 24.3 Å². The molecule has 15 heavy (non-hydrogen) atoms. The summed E-state index contributed by atoms with van der Waals surface area (Å²) in [4.78, 5) is 11.0. The lowest BCUT2D eigenvalue weighted by molar-refractivity contribution is -0.109. The lowest BCUT2D eigenvalue weighted by Gasteiger charge is -2.14. The van der Waals surface area contributed by atoms with E-state index in [-0.39, 0.29) is 5.92 Å². The largest absolute Gasteiger partial charge is 0.464 e. The number of carbonyl (C=O) groups is 1. The maximum Gasteiger partial charge on any atom is 0.133 e. The van der Waals surface area contributed by atoms with Crippen LogP contribution in [-0.4, -0.2) is 6.29 Å². The van der Waals surface area contributed by atoms with Crippen LogP contribution in [0.2, 0.25) is 0 Å². The molecule has 0 saturated carbocycles. The molecule has 2 heteroatoms. The Balaban J connectivity index is 2.46. The van der Waals surface area contributed by atoms with Gasteiger partial charge in [0.15, 0.2) is 0 Å². The Morgan fingerprint density at radius 2 is 2.07 bits per heavy atom. The molecule has 0 aliphatic rings. The van der Waals surface area contributed by atoms with Crippen molar-refractivity contribution in [3.63, 3.8) is 0 Å². The second-order valence-electron chi connectivity index (χ2n) is 4.12. The molecule has 2 nitrogen and oxygen atoms in total. The van der Waals surface area contributed by atoms with Crippen LogP contribution in [0.15, 0.2) is 34.9 Å². The lowest BCUT2D eigenvalue weighted by atomic mass is 9.89. The zero-order valence-electron chi connectivity index (χ0n) is 8.94. The first-order valence-electron chi connectivity index (χ1n) is 5.15. The normalized spacial score (nSPS) is 13.3. The first kappa shape index (κ1) is 9.97. The van der Waals surface area contributed by atoms with Crippen LogP contribution in [0, 0.1) is 5.92 Å². The highest BCUT2D eigenvalue weighted by Gasteiger charge is 2.15. The standard InChI is InChI=1S/C13H14O2/c1-9(2)12(8-14)10-3-4-13-11(7-10)5-6-15-13/h3-9,12H,1-2H3. The van der Waals surface area contributed by atoms with Crippen molar-refractivity contribution >= 4 is 17.3 Å². The first-order chi connectivity index (χ1) is 7.22. The second-order valence-corrected chi connectivity index (χ2v) is 4.12. The Hall–Kier alpha value is -1.57. The number of furan rings is 1. The predicted octanol–water partition coefficient (Wildman–Crippen LogP) is 3.37. The molecule has 78 valence electrons. The van der Waals surface area contributed by atoms with E-state index < -0.39 is 0 Å². The van der Waals surface area contributed by atoms with Crippen LogP contribution in [0.4, 0.5) is 0 Å². The highest BCUT2D eigenvalue weighted by Crippen LogP contribution is 2.26. The van der Waals surface area contributed by atoms with Crippen molar-refractivity contribution < 1.29 is 9.21 Å². The average Bonchev–Trinajstić information content (AvgIpc) is 2.65. The molecule has 0 bridgehead atoms. The molecular formula is C13H14O2. The summed E-state index contributed by atoms with van der Waals surface area (Å²) < 4.78 is 5.26. The lowest BCUT2D eigenvalue weighted by Crippen LogP contribution is -2.07. The van der Waals surface area contributed by atoms with Crippen molar-refractivity contribution in [2.45, 2.75) is 19.8 Å².